The predicted octanol–water partition coefficient (Wildman–Crippen LogP) is 9.15. The largest absolute Gasteiger partial charge is 0.207 e. The standard InChI is InChI=1S/C32H30F2/c1-3-4-6-9-24-12-14-26(15-13-24)27-16-18-28(19-17-27)29-21-31(33)30(32(34)22-29)20-23(2)25-10-7-5-8-11-25/h3-5,7-8,10-19,21-23H,6,9,20H2,1-2H3/b4-3+/t23-/m1/s1. The van der Waals surface area contributed by atoms with Crippen molar-refractivity contribution in [2.75, 3.05) is 0 Å². The van der Waals surface area contributed by atoms with Crippen molar-refractivity contribution in [1.82, 2.24) is 0 Å². The van der Waals surface area contributed by atoms with E-state index in [2.05, 4.69) is 36.4 Å². The molecule has 172 valence electrons. The van der Waals surface area contributed by atoms with Crippen LogP contribution in [-0.2, 0) is 12.8 Å². The van der Waals surface area contributed by atoms with E-state index in [0.29, 0.717) is 12.0 Å². The summed E-state index contributed by atoms with van der Waals surface area (Å²) >= 11 is 0. The topological polar surface area (TPSA) is 0 Å². The summed E-state index contributed by atoms with van der Waals surface area (Å²) in [6.07, 6.45) is 6.65. The van der Waals surface area contributed by atoms with Gasteiger partial charge in [0.05, 0.1) is 0 Å². The van der Waals surface area contributed by atoms with E-state index in [4.69, 9.17) is 0 Å². The van der Waals surface area contributed by atoms with Crippen molar-refractivity contribution in [3.05, 3.63) is 131 Å². The Morgan fingerprint density at radius 1 is 0.706 bits per heavy atom. The molecule has 0 saturated heterocycles. The zero-order valence-electron chi connectivity index (χ0n) is 19.8. The first-order valence-electron chi connectivity index (χ1n) is 11.9. The fourth-order valence-corrected chi connectivity index (χ4v) is 4.31. The second-order valence-corrected chi connectivity index (χ2v) is 8.82. The highest BCUT2D eigenvalue weighted by molar-refractivity contribution is 5.70. The molecule has 0 bridgehead atoms. The maximum atomic E-state index is 14.9. The number of allylic oxidation sites excluding steroid dienone is 2. The van der Waals surface area contributed by atoms with Crippen molar-refractivity contribution in [3.63, 3.8) is 0 Å². The molecule has 0 radical (unpaired) electrons. The lowest BCUT2D eigenvalue weighted by Crippen LogP contribution is -2.04. The van der Waals surface area contributed by atoms with Gasteiger partial charge in [-0.1, -0.05) is 97.9 Å². The first-order valence-corrected chi connectivity index (χ1v) is 11.9. The second-order valence-electron chi connectivity index (χ2n) is 8.82. The van der Waals surface area contributed by atoms with Crippen molar-refractivity contribution in [3.8, 4) is 22.3 Å². The van der Waals surface area contributed by atoms with Crippen molar-refractivity contribution >= 4 is 0 Å². The third kappa shape index (κ3) is 5.69. The van der Waals surface area contributed by atoms with Crippen LogP contribution in [0.1, 0.15) is 42.9 Å². The molecule has 0 N–H and O–H groups in total. The molecule has 1 atom stereocenters. The van der Waals surface area contributed by atoms with Crippen LogP contribution in [0.5, 0.6) is 0 Å². The van der Waals surface area contributed by atoms with Gasteiger partial charge in [-0.25, -0.2) is 8.78 Å². The van der Waals surface area contributed by atoms with Gasteiger partial charge < -0.3 is 0 Å². The monoisotopic (exact) mass is 452 g/mol. The molecule has 0 aliphatic carbocycles. The number of halogens is 2. The van der Waals surface area contributed by atoms with Gasteiger partial charge in [0.25, 0.3) is 0 Å². The first kappa shape index (κ1) is 23.6. The van der Waals surface area contributed by atoms with Crippen LogP contribution < -0.4 is 0 Å². The maximum Gasteiger partial charge on any atom is 0.129 e. The fraction of sp³-hybridized carbons (Fsp3) is 0.188. The fourth-order valence-electron chi connectivity index (χ4n) is 4.31. The lowest BCUT2D eigenvalue weighted by atomic mass is 9.92. The van der Waals surface area contributed by atoms with Crippen molar-refractivity contribution < 1.29 is 8.78 Å². The van der Waals surface area contributed by atoms with Crippen LogP contribution in [0.2, 0.25) is 0 Å². The molecule has 0 amide bonds. The highest BCUT2D eigenvalue weighted by Gasteiger charge is 2.16. The van der Waals surface area contributed by atoms with E-state index in [1.807, 2.05) is 68.4 Å². The summed E-state index contributed by atoms with van der Waals surface area (Å²) in [5.74, 6) is -0.949. The van der Waals surface area contributed by atoms with E-state index in [0.717, 1.165) is 35.1 Å². The Bertz CT molecular complexity index is 1210. The van der Waals surface area contributed by atoms with Crippen LogP contribution in [0.25, 0.3) is 22.3 Å². The molecule has 0 aliphatic rings. The van der Waals surface area contributed by atoms with E-state index in [1.165, 1.54) is 17.7 Å². The zero-order valence-corrected chi connectivity index (χ0v) is 19.8. The van der Waals surface area contributed by atoms with E-state index in [1.54, 1.807) is 0 Å². The summed E-state index contributed by atoms with van der Waals surface area (Å²) in [6, 6.07) is 29.2. The lowest BCUT2D eigenvalue weighted by Gasteiger charge is -2.14. The van der Waals surface area contributed by atoms with Gasteiger partial charge >= 0.3 is 0 Å². The van der Waals surface area contributed by atoms with Crippen molar-refractivity contribution in [2.45, 2.75) is 39.0 Å². The SMILES string of the molecule is C/C=C/CCc1ccc(-c2ccc(-c3cc(F)c(C[C@@H](C)c4ccccc4)c(F)c3)cc2)cc1. The molecule has 4 aromatic rings. The average molecular weight is 453 g/mol. The smallest absolute Gasteiger partial charge is 0.129 e. The summed E-state index contributed by atoms with van der Waals surface area (Å²) < 4.78 is 29.8. The minimum absolute atomic E-state index is 0.0323. The number of rotatable bonds is 8. The second kappa shape index (κ2) is 11.1. The molecular formula is C32H30F2. The quantitative estimate of drug-likeness (QED) is 0.234. The van der Waals surface area contributed by atoms with Crippen LogP contribution >= 0.6 is 0 Å². The molecule has 0 aromatic heterocycles. The summed E-state index contributed by atoms with van der Waals surface area (Å²) in [6.45, 7) is 4.03. The average Bonchev–Trinajstić information content (AvgIpc) is 2.87. The van der Waals surface area contributed by atoms with Gasteiger partial charge in [-0.2, -0.15) is 0 Å². The van der Waals surface area contributed by atoms with Gasteiger partial charge in [-0.15, -0.1) is 0 Å². The molecule has 0 saturated carbocycles. The summed E-state index contributed by atoms with van der Waals surface area (Å²) in [5, 5.41) is 0. The highest BCUT2D eigenvalue weighted by Crippen LogP contribution is 2.30. The molecule has 0 heterocycles. The molecular weight excluding hydrogens is 422 g/mol. The van der Waals surface area contributed by atoms with Crippen LogP contribution in [-0.4, -0.2) is 0 Å². The van der Waals surface area contributed by atoms with E-state index in [-0.39, 0.29) is 11.5 Å². The molecule has 0 aliphatic heterocycles. The van der Waals surface area contributed by atoms with Gasteiger partial charge in [-0.05, 0) is 77.6 Å². The Morgan fingerprint density at radius 2 is 1.24 bits per heavy atom. The van der Waals surface area contributed by atoms with E-state index in [9.17, 15) is 8.78 Å². The summed E-state index contributed by atoms with van der Waals surface area (Å²) in [7, 11) is 0. The van der Waals surface area contributed by atoms with Gasteiger partial charge in [0.15, 0.2) is 0 Å². The van der Waals surface area contributed by atoms with Gasteiger partial charge in [0, 0.05) is 5.56 Å². The van der Waals surface area contributed by atoms with Crippen LogP contribution in [0, 0.1) is 11.6 Å². The molecule has 4 aromatic carbocycles. The highest BCUT2D eigenvalue weighted by atomic mass is 19.1. The summed E-state index contributed by atoms with van der Waals surface area (Å²) in [5.41, 5.74) is 6.09. The molecule has 2 heteroatoms. The van der Waals surface area contributed by atoms with E-state index < -0.39 is 11.6 Å². The number of aryl methyl sites for hydroxylation is 1. The number of hydrogen-bond acceptors (Lipinski definition) is 0. The Hall–Kier alpha value is -3.52. The van der Waals surface area contributed by atoms with Gasteiger partial charge in [-0.3, -0.25) is 0 Å². The Morgan fingerprint density at radius 3 is 1.79 bits per heavy atom. The Balaban J connectivity index is 1.49. The van der Waals surface area contributed by atoms with Gasteiger partial charge in [0.1, 0.15) is 11.6 Å². The Labute approximate surface area is 201 Å². The predicted molar refractivity (Wildman–Crippen MR) is 139 cm³/mol. The molecule has 0 fully saturated rings. The Kier molecular flexibility index (Phi) is 7.69. The minimum Gasteiger partial charge on any atom is -0.207 e. The maximum absolute atomic E-state index is 14.9. The van der Waals surface area contributed by atoms with Crippen LogP contribution in [0.4, 0.5) is 8.78 Å². The minimum atomic E-state index is -0.490. The molecule has 34 heavy (non-hydrogen) atoms. The first-order chi connectivity index (χ1) is 16.5. The molecule has 0 unspecified atom stereocenters. The zero-order chi connectivity index (χ0) is 23.9. The van der Waals surface area contributed by atoms with E-state index >= 15 is 0 Å². The van der Waals surface area contributed by atoms with Crippen LogP contribution in [0.3, 0.4) is 0 Å². The normalized spacial score (nSPS) is 12.2. The lowest BCUT2D eigenvalue weighted by molar-refractivity contribution is 0.544. The third-order valence-corrected chi connectivity index (χ3v) is 6.36. The molecule has 0 spiro atoms. The molecule has 4 rings (SSSR count). The third-order valence-electron chi connectivity index (χ3n) is 6.36. The molecule has 0 nitrogen and oxygen atoms in total. The number of hydrogen-bond donors (Lipinski definition) is 0. The van der Waals surface area contributed by atoms with Crippen molar-refractivity contribution in [1.29, 1.82) is 0 Å². The van der Waals surface area contributed by atoms with Crippen molar-refractivity contribution in [2.24, 2.45) is 0 Å². The van der Waals surface area contributed by atoms with Crippen LogP contribution in [0.15, 0.2) is 103 Å². The van der Waals surface area contributed by atoms with Gasteiger partial charge in [0.2, 0.25) is 0 Å². The summed E-state index contributed by atoms with van der Waals surface area (Å²) in [4.78, 5) is 0. The number of benzene rings is 4.